The lowest BCUT2D eigenvalue weighted by atomic mass is 9.99. The molecule has 2 aliphatic heterocycles. The highest BCUT2D eigenvalue weighted by molar-refractivity contribution is 5.97. The summed E-state index contributed by atoms with van der Waals surface area (Å²) in [7, 11) is 0. The van der Waals surface area contributed by atoms with Gasteiger partial charge in [-0.2, -0.15) is 5.10 Å². The molecule has 28 heavy (non-hydrogen) atoms. The van der Waals surface area contributed by atoms with E-state index in [0.717, 1.165) is 41.7 Å². The fraction of sp³-hybridized carbons (Fsp3) is 0.174. The van der Waals surface area contributed by atoms with Gasteiger partial charge in [-0.1, -0.05) is 42.5 Å². The lowest BCUT2D eigenvalue weighted by molar-refractivity contribution is 0.171. The summed E-state index contributed by atoms with van der Waals surface area (Å²) in [5, 5.41) is 11.0. The fourth-order valence-corrected chi connectivity index (χ4v) is 4.17. The smallest absolute Gasteiger partial charge is 0.163 e. The molecule has 3 heterocycles. The highest BCUT2D eigenvalue weighted by Crippen LogP contribution is 2.39. The lowest BCUT2D eigenvalue weighted by Gasteiger charge is -2.19. The van der Waals surface area contributed by atoms with Crippen molar-refractivity contribution >= 4 is 16.6 Å². The third kappa shape index (κ3) is 2.29. The summed E-state index contributed by atoms with van der Waals surface area (Å²) in [5.74, 6) is 2.64. The van der Waals surface area contributed by atoms with Gasteiger partial charge in [0.1, 0.15) is 19.0 Å². The molecule has 0 saturated heterocycles. The number of ether oxygens (including phenoxy) is 2. The molecular weight excluding hydrogens is 350 g/mol. The van der Waals surface area contributed by atoms with Crippen LogP contribution >= 0.6 is 0 Å². The zero-order valence-electron chi connectivity index (χ0n) is 15.3. The van der Waals surface area contributed by atoms with Crippen LogP contribution in [0.25, 0.3) is 27.7 Å². The van der Waals surface area contributed by atoms with E-state index in [9.17, 15) is 0 Å². The van der Waals surface area contributed by atoms with E-state index in [2.05, 4.69) is 47.8 Å². The molecule has 138 valence electrons. The Labute approximate surface area is 162 Å². The molecule has 0 atom stereocenters. The molecule has 1 aromatic heterocycles. The van der Waals surface area contributed by atoms with Gasteiger partial charge in [-0.05, 0) is 29.3 Å². The van der Waals surface area contributed by atoms with E-state index in [-0.39, 0.29) is 0 Å². The van der Waals surface area contributed by atoms with Crippen LogP contribution in [0.1, 0.15) is 5.56 Å². The molecule has 0 amide bonds. The summed E-state index contributed by atoms with van der Waals surface area (Å²) in [5.41, 5.74) is 4.47. The van der Waals surface area contributed by atoms with E-state index < -0.39 is 0 Å². The van der Waals surface area contributed by atoms with Crippen LogP contribution in [0.15, 0.2) is 60.7 Å². The molecule has 4 aromatic rings. The zero-order valence-corrected chi connectivity index (χ0v) is 15.3. The predicted octanol–water partition coefficient (Wildman–Crippen LogP) is 4.43. The number of fused-ring (bicyclic) bond motifs is 3. The molecule has 0 bridgehead atoms. The van der Waals surface area contributed by atoms with Crippen LogP contribution in [0.2, 0.25) is 0 Å². The average molecular weight is 369 g/mol. The molecule has 5 heteroatoms. The van der Waals surface area contributed by atoms with Gasteiger partial charge in [-0.25, -0.2) is 4.68 Å². The molecule has 0 aliphatic carbocycles. The van der Waals surface area contributed by atoms with Gasteiger partial charge in [-0.3, -0.25) is 0 Å². The van der Waals surface area contributed by atoms with Crippen molar-refractivity contribution in [2.75, 3.05) is 25.1 Å². The Bertz CT molecular complexity index is 1210. The van der Waals surface area contributed by atoms with E-state index in [4.69, 9.17) is 14.6 Å². The maximum Gasteiger partial charge on any atom is 0.163 e. The highest BCUT2D eigenvalue weighted by atomic mass is 16.6. The number of benzene rings is 3. The summed E-state index contributed by atoms with van der Waals surface area (Å²) in [4.78, 5) is 0. The van der Waals surface area contributed by atoms with Crippen molar-refractivity contribution in [1.82, 2.24) is 9.78 Å². The first-order chi connectivity index (χ1) is 13.9. The zero-order chi connectivity index (χ0) is 18.5. The molecule has 5 nitrogen and oxygen atoms in total. The van der Waals surface area contributed by atoms with Crippen LogP contribution < -0.4 is 14.8 Å². The quantitative estimate of drug-likeness (QED) is 0.568. The van der Waals surface area contributed by atoms with Crippen LogP contribution in [0, 0.1) is 0 Å². The first-order valence-electron chi connectivity index (χ1n) is 9.62. The lowest BCUT2D eigenvalue weighted by Crippen LogP contribution is -2.15. The molecule has 6 rings (SSSR count). The van der Waals surface area contributed by atoms with Crippen molar-refractivity contribution in [3.05, 3.63) is 66.2 Å². The van der Waals surface area contributed by atoms with Crippen LogP contribution in [-0.2, 0) is 6.42 Å². The maximum atomic E-state index is 5.77. The van der Waals surface area contributed by atoms with Gasteiger partial charge in [-0.15, -0.1) is 0 Å². The molecule has 0 saturated carbocycles. The monoisotopic (exact) mass is 369 g/mol. The predicted molar refractivity (Wildman–Crippen MR) is 110 cm³/mol. The molecule has 1 N–H and O–H groups in total. The third-order valence-corrected chi connectivity index (χ3v) is 5.47. The fourth-order valence-electron chi connectivity index (χ4n) is 4.17. The van der Waals surface area contributed by atoms with Crippen LogP contribution in [-0.4, -0.2) is 29.5 Å². The number of hydrogen-bond acceptors (Lipinski definition) is 4. The molecule has 0 spiro atoms. The number of nitrogens with one attached hydrogen (secondary N) is 1. The average Bonchev–Trinajstić information content (AvgIpc) is 3.36. The minimum atomic E-state index is 0.577. The van der Waals surface area contributed by atoms with E-state index >= 15 is 0 Å². The van der Waals surface area contributed by atoms with E-state index in [1.165, 1.54) is 21.9 Å². The van der Waals surface area contributed by atoms with Crippen molar-refractivity contribution in [3.8, 4) is 28.4 Å². The van der Waals surface area contributed by atoms with Crippen molar-refractivity contribution in [3.63, 3.8) is 0 Å². The number of nitrogens with zero attached hydrogens (tertiary/aromatic N) is 2. The molecule has 0 radical (unpaired) electrons. The molecule has 2 aliphatic rings. The minimum Gasteiger partial charge on any atom is -0.486 e. The normalized spacial score (nSPS) is 14.7. The van der Waals surface area contributed by atoms with Gasteiger partial charge < -0.3 is 14.8 Å². The first-order valence-corrected chi connectivity index (χ1v) is 9.62. The number of hydrogen-bond donors (Lipinski definition) is 1. The molecule has 0 unspecified atom stereocenters. The first kappa shape index (κ1) is 15.6. The molecular formula is C23H19N3O2. The van der Waals surface area contributed by atoms with Gasteiger partial charge in [0, 0.05) is 23.7 Å². The van der Waals surface area contributed by atoms with Crippen molar-refractivity contribution in [2.45, 2.75) is 6.42 Å². The second-order valence-corrected chi connectivity index (χ2v) is 7.12. The van der Waals surface area contributed by atoms with Crippen molar-refractivity contribution in [1.29, 1.82) is 0 Å². The third-order valence-electron chi connectivity index (χ3n) is 5.47. The standard InChI is InChI=1S/C23H19N3O2/c1-2-6-17-15(4-1)5-3-7-18(17)22-19-10-11-24-23(19)26(25-22)16-8-9-20-21(14-16)28-13-12-27-20/h1-9,14,24H,10-13H2. The van der Waals surface area contributed by atoms with E-state index in [0.29, 0.717) is 13.2 Å². The topological polar surface area (TPSA) is 48.3 Å². The summed E-state index contributed by atoms with van der Waals surface area (Å²) >= 11 is 0. The Hall–Kier alpha value is -3.47. The van der Waals surface area contributed by atoms with E-state index in [1.54, 1.807) is 0 Å². The van der Waals surface area contributed by atoms with E-state index in [1.807, 2.05) is 22.9 Å². The van der Waals surface area contributed by atoms with Crippen LogP contribution in [0.3, 0.4) is 0 Å². The number of aromatic nitrogens is 2. The minimum absolute atomic E-state index is 0.577. The Kier molecular flexibility index (Phi) is 3.35. The maximum absolute atomic E-state index is 5.77. The SMILES string of the molecule is c1ccc2c(-c3nn(-c4ccc5c(c4)OCCO5)c4c3CCN4)cccc2c1. The van der Waals surface area contributed by atoms with Gasteiger partial charge in [0.05, 0.1) is 11.4 Å². The summed E-state index contributed by atoms with van der Waals surface area (Å²) in [6, 6.07) is 20.9. The largest absolute Gasteiger partial charge is 0.486 e. The van der Waals surface area contributed by atoms with Crippen LogP contribution in [0.5, 0.6) is 11.5 Å². The summed E-state index contributed by atoms with van der Waals surface area (Å²) in [6.45, 7) is 2.10. The van der Waals surface area contributed by atoms with Crippen molar-refractivity contribution in [2.24, 2.45) is 0 Å². The highest BCUT2D eigenvalue weighted by Gasteiger charge is 2.25. The van der Waals surface area contributed by atoms with Gasteiger partial charge >= 0.3 is 0 Å². The molecule has 3 aromatic carbocycles. The van der Waals surface area contributed by atoms with Crippen LogP contribution in [0.4, 0.5) is 5.82 Å². The Balaban J connectivity index is 1.54. The Morgan fingerprint density at radius 2 is 1.75 bits per heavy atom. The van der Waals surface area contributed by atoms with Gasteiger partial charge in [0.2, 0.25) is 0 Å². The summed E-state index contributed by atoms with van der Waals surface area (Å²) < 4.78 is 13.4. The Morgan fingerprint density at radius 1 is 0.893 bits per heavy atom. The Morgan fingerprint density at radius 3 is 2.71 bits per heavy atom. The van der Waals surface area contributed by atoms with Crippen molar-refractivity contribution < 1.29 is 9.47 Å². The second kappa shape index (κ2) is 6.02. The second-order valence-electron chi connectivity index (χ2n) is 7.12. The number of rotatable bonds is 2. The number of anilines is 1. The van der Waals surface area contributed by atoms with Gasteiger partial charge in [0.15, 0.2) is 11.5 Å². The van der Waals surface area contributed by atoms with Gasteiger partial charge in [0.25, 0.3) is 0 Å². The summed E-state index contributed by atoms with van der Waals surface area (Å²) in [6.07, 6.45) is 0.971. The molecule has 0 fully saturated rings.